The van der Waals surface area contributed by atoms with Gasteiger partial charge in [0.2, 0.25) is 0 Å². The first kappa shape index (κ1) is 13.8. The van der Waals surface area contributed by atoms with E-state index in [1.807, 2.05) is 13.8 Å². The maximum atomic E-state index is 5.99. The van der Waals surface area contributed by atoms with Crippen LogP contribution < -0.4 is 0 Å². The van der Waals surface area contributed by atoms with E-state index in [4.69, 9.17) is 27.7 Å². The summed E-state index contributed by atoms with van der Waals surface area (Å²) in [6, 6.07) is 3.54. The van der Waals surface area contributed by atoms with E-state index < -0.39 is 0 Å². The number of imidazole rings is 1. The zero-order chi connectivity index (χ0) is 14.3. The Balaban J connectivity index is 1.85. The van der Waals surface area contributed by atoms with Crippen LogP contribution >= 0.6 is 35.0 Å². The summed E-state index contributed by atoms with van der Waals surface area (Å²) < 4.78 is 5.15. The number of hydrogen-bond acceptors (Lipinski definition) is 4. The Labute approximate surface area is 129 Å². The van der Waals surface area contributed by atoms with Crippen molar-refractivity contribution < 1.29 is 4.52 Å². The number of halogens is 2. The van der Waals surface area contributed by atoms with Gasteiger partial charge in [0.15, 0.2) is 5.16 Å². The lowest BCUT2D eigenvalue weighted by Gasteiger charge is -1.96. The summed E-state index contributed by atoms with van der Waals surface area (Å²) in [5, 5.41) is 5.78. The summed E-state index contributed by atoms with van der Waals surface area (Å²) in [6.07, 6.45) is 0. The highest BCUT2D eigenvalue weighted by Crippen LogP contribution is 2.30. The molecule has 0 bridgehead atoms. The van der Waals surface area contributed by atoms with Crippen molar-refractivity contribution in [2.24, 2.45) is 0 Å². The second kappa shape index (κ2) is 5.31. The zero-order valence-corrected chi connectivity index (χ0v) is 13.2. The van der Waals surface area contributed by atoms with Gasteiger partial charge >= 0.3 is 0 Å². The van der Waals surface area contributed by atoms with Gasteiger partial charge in [0.05, 0.1) is 26.8 Å². The fourth-order valence-corrected chi connectivity index (χ4v) is 3.26. The lowest BCUT2D eigenvalue weighted by molar-refractivity contribution is 0.392. The molecular formula is C13H11Cl2N3OS. The molecular weight excluding hydrogens is 317 g/mol. The zero-order valence-electron chi connectivity index (χ0n) is 10.8. The predicted octanol–water partition coefficient (Wildman–Crippen LogP) is 4.77. The second-order valence-corrected chi connectivity index (χ2v) is 6.20. The fraction of sp³-hybridized carbons (Fsp3) is 0.231. The van der Waals surface area contributed by atoms with Crippen LogP contribution in [-0.2, 0) is 5.75 Å². The number of H-pyrrole nitrogens is 1. The van der Waals surface area contributed by atoms with Gasteiger partial charge in [-0.25, -0.2) is 4.98 Å². The van der Waals surface area contributed by atoms with E-state index in [9.17, 15) is 0 Å². The number of thioether (sulfide) groups is 1. The Morgan fingerprint density at radius 1 is 1.25 bits per heavy atom. The minimum Gasteiger partial charge on any atom is -0.361 e. The van der Waals surface area contributed by atoms with E-state index >= 15 is 0 Å². The molecule has 3 aromatic rings. The average Bonchev–Trinajstić information content (AvgIpc) is 2.92. The Hall–Kier alpha value is -1.17. The Kier molecular flexibility index (Phi) is 3.67. The minimum absolute atomic E-state index is 0.507. The smallest absolute Gasteiger partial charge is 0.166 e. The molecule has 0 unspecified atom stereocenters. The number of fused-ring (bicyclic) bond motifs is 1. The van der Waals surface area contributed by atoms with Gasteiger partial charge in [-0.1, -0.05) is 40.1 Å². The third-order valence-corrected chi connectivity index (χ3v) is 4.66. The number of aromatic amines is 1. The van der Waals surface area contributed by atoms with Gasteiger partial charge in [-0.3, -0.25) is 0 Å². The number of aromatic nitrogens is 3. The summed E-state index contributed by atoms with van der Waals surface area (Å²) in [7, 11) is 0. The van der Waals surface area contributed by atoms with E-state index in [0.29, 0.717) is 10.0 Å². The van der Waals surface area contributed by atoms with Crippen LogP contribution in [0, 0.1) is 13.8 Å². The SMILES string of the molecule is Cc1noc(C)c1CSc1nc2cc(Cl)c(Cl)cc2[nH]1. The van der Waals surface area contributed by atoms with E-state index in [1.165, 1.54) is 0 Å². The molecule has 0 amide bonds. The topological polar surface area (TPSA) is 54.7 Å². The van der Waals surface area contributed by atoms with Crippen LogP contribution in [0.5, 0.6) is 0 Å². The number of nitrogens with zero attached hydrogens (tertiary/aromatic N) is 2. The molecule has 3 rings (SSSR count). The van der Waals surface area contributed by atoms with Crippen LogP contribution in [-0.4, -0.2) is 15.1 Å². The molecule has 0 spiro atoms. The normalized spacial score (nSPS) is 11.4. The van der Waals surface area contributed by atoms with Crippen molar-refractivity contribution in [3.8, 4) is 0 Å². The van der Waals surface area contributed by atoms with E-state index in [2.05, 4.69) is 15.1 Å². The molecule has 0 aliphatic rings. The molecule has 20 heavy (non-hydrogen) atoms. The molecule has 2 aromatic heterocycles. The molecule has 1 aromatic carbocycles. The first-order valence-electron chi connectivity index (χ1n) is 5.94. The maximum Gasteiger partial charge on any atom is 0.166 e. The van der Waals surface area contributed by atoms with Gasteiger partial charge in [-0.15, -0.1) is 0 Å². The number of aryl methyl sites for hydroxylation is 2. The minimum atomic E-state index is 0.507. The molecule has 0 radical (unpaired) electrons. The summed E-state index contributed by atoms with van der Waals surface area (Å²) in [5.74, 6) is 1.60. The van der Waals surface area contributed by atoms with Crippen molar-refractivity contribution in [1.29, 1.82) is 0 Å². The van der Waals surface area contributed by atoms with Gasteiger partial charge in [0.25, 0.3) is 0 Å². The van der Waals surface area contributed by atoms with E-state index in [0.717, 1.165) is 39.0 Å². The summed E-state index contributed by atoms with van der Waals surface area (Å²) in [4.78, 5) is 7.71. The summed E-state index contributed by atoms with van der Waals surface area (Å²) in [5.41, 5.74) is 3.70. The molecule has 0 aliphatic heterocycles. The second-order valence-electron chi connectivity index (χ2n) is 4.42. The van der Waals surface area contributed by atoms with E-state index in [-0.39, 0.29) is 0 Å². The third-order valence-electron chi connectivity index (χ3n) is 3.04. The fourth-order valence-electron chi connectivity index (χ4n) is 1.90. The molecule has 0 aliphatic carbocycles. The maximum absolute atomic E-state index is 5.99. The van der Waals surface area contributed by atoms with Gasteiger partial charge in [-0.05, 0) is 26.0 Å². The highest BCUT2D eigenvalue weighted by atomic mass is 35.5. The molecule has 2 heterocycles. The summed E-state index contributed by atoms with van der Waals surface area (Å²) in [6.45, 7) is 3.85. The Morgan fingerprint density at radius 2 is 2.00 bits per heavy atom. The molecule has 104 valence electrons. The van der Waals surface area contributed by atoms with Crippen molar-refractivity contribution in [3.63, 3.8) is 0 Å². The molecule has 0 saturated carbocycles. The van der Waals surface area contributed by atoms with Crippen LogP contribution in [0.1, 0.15) is 17.0 Å². The molecule has 4 nitrogen and oxygen atoms in total. The molecule has 7 heteroatoms. The van der Waals surface area contributed by atoms with Crippen LogP contribution in [0.25, 0.3) is 11.0 Å². The highest BCUT2D eigenvalue weighted by Gasteiger charge is 2.12. The quantitative estimate of drug-likeness (QED) is 0.704. The lowest BCUT2D eigenvalue weighted by Crippen LogP contribution is -1.85. The number of rotatable bonds is 3. The van der Waals surface area contributed by atoms with Crippen molar-refractivity contribution in [2.45, 2.75) is 24.8 Å². The van der Waals surface area contributed by atoms with Crippen molar-refractivity contribution in [3.05, 3.63) is 39.2 Å². The predicted molar refractivity (Wildman–Crippen MR) is 81.7 cm³/mol. The van der Waals surface area contributed by atoms with Gasteiger partial charge < -0.3 is 9.51 Å². The largest absolute Gasteiger partial charge is 0.361 e. The van der Waals surface area contributed by atoms with Crippen LogP contribution in [0.15, 0.2) is 21.8 Å². The van der Waals surface area contributed by atoms with Crippen LogP contribution in [0.2, 0.25) is 10.0 Å². The highest BCUT2D eigenvalue weighted by molar-refractivity contribution is 7.98. The van der Waals surface area contributed by atoms with Gasteiger partial charge in [0, 0.05) is 11.3 Å². The van der Waals surface area contributed by atoms with Gasteiger partial charge in [0.1, 0.15) is 5.76 Å². The first-order chi connectivity index (χ1) is 9.54. The van der Waals surface area contributed by atoms with Crippen molar-refractivity contribution >= 4 is 46.0 Å². The molecule has 0 fully saturated rings. The lowest BCUT2D eigenvalue weighted by atomic mass is 10.2. The van der Waals surface area contributed by atoms with E-state index in [1.54, 1.807) is 23.9 Å². The number of hydrogen-bond donors (Lipinski definition) is 1. The third kappa shape index (κ3) is 2.53. The van der Waals surface area contributed by atoms with Crippen LogP contribution in [0.3, 0.4) is 0 Å². The Morgan fingerprint density at radius 3 is 2.70 bits per heavy atom. The van der Waals surface area contributed by atoms with Gasteiger partial charge in [-0.2, -0.15) is 0 Å². The van der Waals surface area contributed by atoms with Crippen LogP contribution in [0.4, 0.5) is 0 Å². The number of benzene rings is 1. The van der Waals surface area contributed by atoms with Crippen molar-refractivity contribution in [2.75, 3.05) is 0 Å². The summed E-state index contributed by atoms with van der Waals surface area (Å²) >= 11 is 13.6. The Bertz CT molecular complexity index is 723. The monoisotopic (exact) mass is 327 g/mol. The number of nitrogens with one attached hydrogen (secondary N) is 1. The average molecular weight is 328 g/mol. The van der Waals surface area contributed by atoms with Crippen molar-refractivity contribution in [1.82, 2.24) is 15.1 Å². The molecule has 0 atom stereocenters. The standard InChI is InChI=1S/C13H11Cl2N3OS/c1-6-8(7(2)19-18-6)5-20-13-16-11-3-9(14)10(15)4-12(11)17-13/h3-4H,5H2,1-2H3,(H,16,17). The molecule has 1 N–H and O–H groups in total. The molecule has 0 saturated heterocycles. The first-order valence-corrected chi connectivity index (χ1v) is 7.68.